The van der Waals surface area contributed by atoms with Crippen molar-refractivity contribution in [2.75, 3.05) is 0 Å². The van der Waals surface area contributed by atoms with Crippen molar-refractivity contribution in [3.8, 4) is 0 Å². The Labute approximate surface area is 103 Å². The highest BCUT2D eigenvalue weighted by Crippen LogP contribution is 2.34. The molecule has 6 nitrogen and oxygen atoms in total. The van der Waals surface area contributed by atoms with Crippen LogP contribution in [0.5, 0.6) is 0 Å². The molecule has 0 aromatic heterocycles. The molecule has 2 heterocycles. The van der Waals surface area contributed by atoms with Gasteiger partial charge in [-0.05, 0) is 12.8 Å². The normalized spacial score (nSPS) is 30.9. The summed E-state index contributed by atoms with van der Waals surface area (Å²) in [6.07, 6.45) is 2.49. The number of thioether (sulfide) groups is 1. The fraction of sp³-hybridized carbons (Fsp3) is 0.700. The lowest BCUT2D eigenvalue weighted by molar-refractivity contribution is -0.137. The van der Waals surface area contributed by atoms with Gasteiger partial charge in [0.15, 0.2) is 0 Å². The van der Waals surface area contributed by atoms with Gasteiger partial charge >= 0.3 is 12.0 Å². The van der Waals surface area contributed by atoms with Crippen molar-refractivity contribution in [1.82, 2.24) is 10.6 Å². The van der Waals surface area contributed by atoms with Crippen LogP contribution in [0.25, 0.3) is 0 Å². The maximum Gasteiger partial charge on any atom is 0.315 e. The van der Waals surface area contributed by atoms with E-state index >= 15 is 0 Å². The fourth-order valence-corrected chi connectivity index (χ4v) is 3.55. The lowest BCUT2D eigenvalue weighted by Gasteiger charge is -2.15. The van der Waals surface area contributed by atoms with Crippen LogP contribution >= 0.6 is 11.8 Å². The quantitative estimate of drug-likeness (QED) is 0.431. The van der Waals surface area contributed by atoms with Gasteiger partial charge in [-0.2, -0.15) is 0 Å². The summed E-state index contributed by atoms with van der Waals surface area (Å²) in [5, 5.41) is 22.5. The molecule has 7 heteroatoms. The number of carbonyl (C=O) groups excluding carboxylic acids is 1. The minimum Gasteiger partial charge on any atom is -0.481 e. The van der Waals surface area contributed by atoms with Gasteiger partial charge < -0.3 is 15.7 Å². The smallest absolute Gasteiger partial charge is 0.315 e. The summed E-state index contributed by atoms with van der Waals surface area (Å²) >= 11 is 1.48. The highest BCUT2D eigenvalue weighted by Gasteiger charge is 2.46. The molecule has 0 aromatic carbocycles. The van der Waals surface area contributed by atoms with Crippen molar-refractivity contribution in [2.45, 2.75) is 43.0 Å². The van der Waals surface area contributed by atoms with Gasteiger partial charge in [0.05, 0.1) is 17.1 Å². The molecular weight excluding hydrogens is 242 g/mol. The van der Waals surface area contributed by atoms with Gasteiger partial charge in [0.2, 0.25) is 0 Å². The first-order chi connectivity index (χ1) is 8.08. The van der Waals surface area contributed by atoms with Crippen LogP contribution in [0.15, 0.2) is 0 Å². The predicted molar refractivity (Wildman–Crippen MR) is 64.5 cm³/mol. The first-order valence-electron chi connectivity index (χ1n) is 5.62. The Hall–Kier alpha value is -1.24. The SMILES string of the molecule is N=C1S[C@H](CCCCC(=O)O)[C@@H]2NC(=O)N[C@H]12. The number of hydrogen-bond donors (Lipinski definition) is 4. The third kappa shape index (κ3) is 2.71. The molecule has 0 saturated carbocycles. The van der Waals surface area contributed by atoms with Crippen molar-refractivity contribution < 1.29 is 14.7 Å². The summed E-state index contributed by atoms with van der Waals surface area (Å²) in [4.78, 5) is 21.5. The van der Waals surface area contributed by atoms with Gasteiger partial charge in [-0.25, -0.2) is 4.79 Å². The highest BCUT2D eigenvalue weighted by molar-refractivity contribution is 8.15. The molecule has 17 heavy (non-hydrogen) atoms. The molecule has 94 valence electrons. The molecule has 2 aliphatic heterocycles. The molecule has 0 aliphatic carbocycles. The van der Waals surface area contributed by atoms with Crippen LogP contribution in [-0.4, -0.2) is 39.5 Å². The third-order valence-corrected chi connectivity index (χ3v) is 4.37. The predicted octanol–water partition coefficient (Wildman–Crippen LogP) is 0.774. The van der Waals surface area contributed by atoms with Gasteiger partial charge in [-0.3, -0.25) is 10.2 Å². The number of amides is 2. The highest BCUT2D eigenvalue weighted by atomic mass is 32.2. The second kappa shape index (κ2) is 4.95. The summed E-state index contributed by atoms with van der Waals surface area (Å²) in [5.41, 5.74) is 0. The van der Waals surface area contributed by atoms with Crippen molar-refractivity contribution in [2.24, 2.45) is 0 Å². The van der Waals surface area contributed by atoms with Crippen molar-refractivity contribution in [3.05, 3.63) is 0 Å². The van der Waals surface area contributed by atoms with Gasteiger partial charge in [0.25, 0.3) is 0 Å². The Morgan fingerprint density at radius 1 is 1.41 bits per heavy atom. The summed E-state index contributed by atoms with van der Waals surface area (Å²) in [6.45, 7) is 0. The maximum absolute atomic E-state index is 11.2. The van der Waals surface area contributed by atoms with Gasteiger partial charge in [-0.1, -0.05) is 6.42 Å². The first kappa shape index (κ1) is 12.2. The molecule has 0 radical (unpaired) electrons. The summed E-state index contributed by atoms with van der Waals surface area (Å²) < 4.78 is 0. The molecule has 3 atom stereocenters. The number of carboxylic acids is 1. The van der Waals surface area contributed by atoms with E-state index < -0.39 is 5.97 Å². The average Bonchev–Trinajstić information content (AvgIpc) is 2.74. The van der Waals surface area contributed by atoms with E-state index in [0.717, 1.165) is 12.8 Å². The van der Waals surface area contributed by atoms with Crippen LogP contribution in [0.3, 0.4) is 0 Å². The van der Waals surface area contributed by atoms with Crippen LogP contribution in [0.4, 0.5) is 4.79 Å². The molecule has 4 N–H and O–H groups in total. The Morgan fingerprint density at radius 3 is 2.88 bits per heavy atom. The fourth-order valence-electron chi connectivity index (χ4n) is 2.21. The Balaban J connectivity index is 1.80. The molecule has 2 saturated heterocycles. The zero-order valence-corrected chi connectivity index (χ0v) is 10.0. The number of rotatable bonds is 5. The standard InChI is InChI=1S/C10H15N3O3S/c11-9-8-7(12-10(16)13-8)5(17-9)3-1-2-4-6(14)15/h5,7-8,11H,1-4H2,(H,14,15)(H2,12,13,16)/t5-,7+,8+/m1/s1. The van der Waals surface area contributed by atoms with E-state index in [4.69, 9.17) is 10.5 Å². The Morgan fingerprint density at radius 2 is 2.18 bits per heavy atom. The molecule has 2 amide bonds. The number of nitrogens with one attached hydrogen (secondary N) is 3. The number of urea groups is 1. The molecular formula is C10H15N3O3S. The summed E-state index contributed by atoms with van der Waals surface area (Å²) in [7, 11) is 0. The lowest BCUT2D eigenvalue weighted by atomic mass is 10.0. The number of carboxylic acid groups (broad SMARTS) is 1. The van der Waals surface area contributed by atoms with Crippen LogP contribution in [-0.2, 0) is 4.79 Å². The van der Waals surface area contributed by atoms with Gasteiger partial charge in [0, 0.05) is 11.7 Å². The van der Waals surface area contributed by atoms with Gasteiger partial charge in [0.1, 0.15) is 0 Å². The monoisotopic (exact) mass is 257 g/mol. The number of aliphatic carboxylic acids is 1. The molecule has 2 rings (SSSR count). The van der Waals surface area contributed by atoms with Crippen LogP contribution in [0.1, 0.15) is 25.7 Å². The maximum atomic E-state index is 11.2. The van der Waals surface area contributed by atoms with Crippen molar-refractivity contribution in [3.63, 3.8) is 0 Å². The van der Waals surface area contributed by atoms with Crippen molar-refractivity contribution in [1.29, 1.82) is 5.41 Å². The zero-order chi connectivity index (χ0) is 12.4. The van der Waals surface area contributed by atoms with Crippen LogP contribution < -0.4 is 10.6 Å². The number of fused-ring (bicyclic) bond motifs is 1. The summed E-state index contributed by atoms with van der Waals surface area (Å²) in [5.74, 6) is -0.773. The molecule has 0 unspecified atom stereocenters. The Kier molecular flexibility index (Phi) is 3.56. The van der Waals surface area contributed by atoms with E-state index in [9.17, 15) is 9.59 Å². The first-order valence-corrected chi connectivity index (χ1v) is 6.50. The van der Waals surface area contributed by atoms with E-state index in [1.54, 1.807) is 0 Å². The molecule has 0 aromatic rings. The Bertz CT molecular complexity index is 361. The van der Waals surface area contributed by atoms with Crippen molar-refractivity contribution >= 4 is 28.8 Å². The summed E-state index contributed by atoms with van der Waals surface area (Å²) in [6, 6.07) is -0.401. The molecule has 2 aliphatic rings. The van der Waals surface area contributed by atoms with Crippen LogP contribution in [0.2, 0.25) is 0 Å². The van der Waals surface area contributed by atoms with Gasteiger partial charge in [-0.15, -0.1) is 11.8 Å². The second-order valence-corrected chi connectivity index (χ2v) is 5.56. The molecule has 2 fully saturated rings. The minimum atomic E-state index is -0.773. The minimum absolute atomic E-state index is 0.00942. The van der Waals surface area contributed by atoms with E-state index in [-0.39, 0.29) is 29.8 Å². The topological polar surface area (TPSA) is 102 Å². The number of carbonyl (C=O) groups is 2. The average molecular weight is 257 g/mol. The van der Waals surface area contributed by atoms with E-state index in [1.165, 1.54) is 11.8 Å². The zero-order valence-electron chi connectivity index (χ0n) is 9.23. The van der Waals surface area contributed by atoms with E-state index in [2.05, 4.69) is 10.6 Å². The second-order valence-electron chi connectivity index (χ2n) is 4.28. The molecule has 0 spiro atoms. The largest absolute Gasteiger partial charge is 0.481 e. The third-order valence-electron chi connectivity index (χ3n) is 3.03. The number of unbranched alkanes of at least 4 members (excludes halogenated alkanes) is 1. The molecule has 0 bridgehead atoms. The van der Waals surface area contributed by atoms with Crippen LogP contribution in [0, 0.1) is 5.41 Å². The van der Waals surface area contributed by atoms with E-state index in [1.807, 2.05) is 0 Å². The van der Waals surface area contributed by atoms with E-state index in [0.29, 0.717) is 11.5 Å². The number of hydrogen-bond acceptors (Lipinski definition) is 4. The lowest BCUT2D eigenvalue weighted by Crippen LogP contribution is -2.37.